The topological polar surface area (TPSA) is 87.2 Å². The minimum atomic E-state index is -0.855. The number of hydrogen-bond acceptors (Lipinski definition) is 4. The fraction of sp³-hybridized carbons (Fsp3) is 0.769. The lowest BCUT2D eigenvalue weighted by Crippen LogP contribution is -2.48. The van der Waals surface area contributed by atoms with E-state index in [4.69, 9.17) is 9.84 Å². The maximum atomic E-state index is 12.3. The van der Waals surface area contributed by atoms with Gasteiger partial charge in [0.2, 0.25) is 0 Å². The lowest BCUT2D eigenvalue weighted by molar-refractivity contribution is -0.147. The quantitative estimate of drug-likeness (QED) is 0.742. The fourth-order valence-electron chi connectivity index (χ4n) is 2.85. The Balaban J connectivity index is 1.92. The SMILES string of the molecule is COC(=O)C1CCCN(C(=O)N2CCC(C(=O)O)C2)C1. The summed E-state index contributed by atoms with van der Waals surface area (Å²) in [6.07, 6.45) is 1.99. The molecule has 0 aromatic carbocycles. The summed E-state index contributed by atoms with van der Waals surface area (Å²) >= 11 is 0. The zero-order valence-electron chi connectivity index (χ0n) is 11.6. The van der Waals surface area contributed by atoms with Crippen LogP contribution < -0.4 is 0 Å². The predicted molar refractivity (Wildman–Crippen MR) is 69.0 cm³/mol. The summed E-state index contributed by atoms with van der Waals surface area (Å²) in [7, 11) is 1.35. The molecule has 0 aromatic rings. The average molecular weight is 284 g/mol. The summed E-state index contributed by atoms with van der Waals surface area (Å²) in [5.41, 5.74) is 0. The van der Waals surface area contributed by atoms with Gasteiger partial charge in [-0.1, -0.05) is 0 Å². The number of urea groups is 1. The highest BCUT2D eigenvalue weighted by Gasteiger charge is 2.35. The third-order valence-corrected chi connectivity index (χ3v) is 4.03. The van der Waals surface area contributed by atoms with E-state index >= 15 is 0 Å². The number of carbonyl (C=O) groups excluding carboxylic acids is 2. The number of carbonyl (C=O) groups is 3. The normalized spacial score (nSPS) is 26.4. The summed E-state index contributed by atoms with van der Waals surface area (Å²) < 4.78 is 4.72. The highest BCUT2D eigenvalue weighted by molar-refractivity contribution is 5.79. The first-order valence-electron chi connectivity index (χ1n) is 6.87. The Labute approximate surface area is 117 Å². The number of aliphatic carboxylic acids is 1. The number of hydrogen-bond donors (Lipinski definition) is 1. The molecular formula is C13H20N2O5. The van der Waals surface area contributed by atoms with Crippen molar-refractivity contribution in [1.82, 2.24) is 9.80 Å². The molecule has 7 nitrogen and oxygen atoms in total. The number of methoxy groups -OCH3 is 1. The molecule has 0 saturated carbocycles. The van der Waals surface area contributed by atoms with Gasteiger partial charge in [-0.05, 0) is 19.3 Å². The number of piperidine rings is 1. The summed E-state index contributed by atoms with van der Waals surface area (Å²) in [6.45, 7) is 1.70. The van der Waals surface area contributed by atoms with Crippen molar-refractivity contribution < 1.29 is 24.2 Å². The first-order chi connectivity index (χ1) is 9.52. The van der Waals surface area contributed by atoms with Gasteiger partial charge in [-0.2, -0.15) is 0 Å². The van der Waals surface area contributed by atoms with Crippen LogP contribution in [0.2, 0.25) is 0 Å². The molecule has 20 heavy (non-hydrogen) atoms. The Kier molecular flexibility index (Phi) is 4.46. The summed E-state index contributed by atoms with van der Waals surface area (Å²) in [5.74, 6) is -1.88. The van der Waals surface area contributed by atoms with Gasteiger partial charge in [0.15, 0.2) is 0 Å². The van der Waals surface area contributed by atoms with Crippen LogP contribution in [0.1, 0.15) is 19.3 Å². The van der Waals surface area contributed by atoms with Gasteiger partial charge >= 0.3 is 18.0 Å². The van der Waals surface area contributed by atoms with Gasteiger partial charge in [0, 0.05) is 26.2 Å². The molecule has 2 saturated heterocycles. The molecule has 0 aliphatic carbocycles. The van der Waals surface area contributed by atoms with Crippen LogP contribution in [0, 0.1) is 11.8 Å². The Morgan fingerprint density at radius 1 is 1.05 bits per heavy atom. The molecule has 0 aromatic heterocycles. The second-order valence-electron chi connectivity index (χ2n) is 5.36. The zero-order valence-corrected chi connectivity index (χ0v) is 11.6. The van der Waals surface area contributed by atoms with Crippen LogP contribution in [-0.4, -0.2) is 66.2 Å². The van der Waals surface area contributed by atoms with Crippen LogP contribution in [0.5, 0.6) is 0 Å². The van der Waals surface area contributed by atoms with E-state index in [0.29, 0.717) is 26.1 Å². The second kappa shape index (κ2) is 6.11. The number of carboxylic acids is 1. The zero-order chi connectivity index (χ0) is 14.7. The van der Waals surface area contributed by atoms with E-state index in [9.17, 15) is 14.4 Å². The minimum Gasteiger partial charge on any atom is -0.481 e. The molecule has 2 unspecified atom stereocenters. The number of ether oxygens (including phenoxy) is 1. The molecule has 2 fully saturated rings. The maximum Gasteiger partial charge on any atom is 0.320 e. The highest BCUT2D eigenvalue weighted by Crippen LogP contribution is 2.22. The van der Waals surface area contributed by atoms with Crippen molar-refractivity contribution in [3.8, 4) is 0 Å². The predicted octanol–water partition coefficient (Wildman–Crippen LogP) is 0.398. The summed E-state index contributed by atoms with van der Waals surface area (Å²) in [6, 6.07) is -0.164. The van der Waals surface area contributed by atoms with Crippen molar-refractivity contribution in [2.75, 3.05) is 33.3 Å². The van der Waals surface area contributed by atoms with Crippen LogP contribution in [0.25, 0.3) is 0 Å². The van der Waals surface area contributed by atoms with Crippen molar-refractivity contribution in [2.45, 2.75) is 19.3 Å². The van der Waals surface area contributed by atoms with Crippen molar-refractivity contribution in [3.63, 3.8) is 0 Å². The molecule has 0 spiro atoms. The van der Waals surface area contributed by atoms with Crippen LogP contribution in [0.15, 0.2) is 0 Å². The van der Waals surface area contributed by atoms with E-state index in [-0.39, 0.29) is 24.5 Å². The molecule has 0 radical (unpaired) electrons. The van der Waals surface area contributed by atoms with E-state index in [1.54, 1.807) is 9.80 Å². The lowest BCUT2D eigenvalue weighted by atomic mass is 9.98. The number of rotatable bonds is 2. The van der Waals surface area contributed by atoms with E-state index < -0.39 is 11.9 Å². The largest absolute Gasteiger partial charge is 0.481 e. The Hall–Kier alpha value is -1.79. The molecule has 0 bridgehead atoms. The van der Waals surface area contributed by atoms with Gasteiger partial charge in [0.25, 0.3) is 0 Å². The van der Waals surface area contributed by atoms with Gasteiger partial charge in [-0.15, -0.1) is 0 Å². The van der Waals surface area contributed by atoms with Crippen molar-refractivity contribution >= 4 is 18.0 Å². The van der Waals surface area contributed by atoms with Gasteiger partial charge in [0.1, 0.15) is 0 Å². The molecule has 7 heteroatoms. The number of nitrogens with zero attached hydrogens (tertiary/aromatic N) is 2. The summed E-state index contributed by atoms with van der Waals surface area (Å²) in [5, 5.41) is 8.96. The van der Waals surface area contributed by atoms with Gasteiger partial charge in [0.05, 0.1) is 18.9 Å². The van der Waals surface area contributed by atoms with E-state index in [0.717, 1.165) is 12.8 Å². The number of esters is 1. The third-order valence-electron chi connectivity index (χ3n) is 4.03. The lowest BCUT2D eigenvalue weighted by Gasteiger charge is -2.34. The minimum absolute atomic E-state index is 0.164. The maximum absolute atomic E-state index is 12.3. The van der Waals surface area contributed by atoms with E-state index in [1.807, 2.05) is 0 Å². The van der Waals surface area contributed by atoms with Crippen molar-refractivity contribution in [2.24, 2.45) is 11.8 Å². The Bertz CT molecular complexity index is 412. The molecule has 2 rings (SSSR count). The van der Waals surface area contributed by atoms with Gasteiger partial charge in [-0.25, -0.2) is 4.79 Å². The first-order valence-corrected chi connectivity index (χ1v) is 6.87. The number of likely N-dealkylation sites (tertiary alicyclic amines) is 2. The molecule has 2 aliphatic rings. The standard InChI is InChI=1S/C13H20N2O5/c1-20-12(18)10-3-2-5-14(8-10)13(19)15-6-4-9(7-15)11(16)17/h9-10H,2-8H2,1H3,(H,16,17). The molecular weight excluding hydrogens is 264 g/mol. The monoisotopic (exact) mass is 284 g/mol. The third kappa shape index (κ3) is 3.02. The van der Waals surface area contributed by atoms with Crippen LogP contribution in [0.4, 0.5) is 4.79 Å². The molecule has 2 aliphatic heterocycles. The van der Waals surface area contributed by atoms with Crippen LogP contribution in [0.3, 0.4) is 0 Å². The van der Waals surface area contributed by atoms with Crippen LogP contribution in [-0.2, 0) is 14.3 Å². The fourth-order valence-corrected chi connectivity index (χ4v) is 2.85. The molecule has 112 valence electrons. The van der Waals surface area contributed by atoms with E-state index in [1.165, 1.54) is 7.11 Å². The summed E-state index contributed by atoms with van der Waals surface area (Å²) in [4.78, 5) is 38.0. The Morgan fingerprint density at radius 2 is 1.70 bits per heavy atom. The van der Waals surface area contributed by atoms with Crippen molar-refractivity contribution in [3.05, 3.63) is 0 Å². The number of amides is 2. The molecule has 2 amide bonds. The second-order valence-corrected chi connectivity index (χ2v) is 5.36. The first kappa shape index (κ1) is 14.6. The van der Waals surface area contributed by atoms with Gasteiger partial charge in [-0.3, -0.25) is 9.59 Å². The van der Waals surface area contributed by atoms with Crippen LogP contribution >= 0.6 is 0 Å². The highest BCUT2D eigenvalue weighted by atomic mass is 16.5. The average Bonchev–Trinajstić information content (AvgIpc) is 2.95. The molecule has 1 N–H and O–H groups in total. The molecule has 2 heterocycles. The molecule has 2 atom stereocenters. The van der Waals surface area contributed by atoms with E-state index in [2.05, 4.69) is 0 Å². The Morgan fingerprint density at radius 3 is 2.30 bits per heavy atom. The number of carboxylic acid groups (broad SMARTS) is 1. The van der Waals surface area contributed by atoms with Crippen molar-refractivity contribution in [1.29, 1.82) is 0 Å². The van der Waals surface area contributed by atoms with Gasteiger partial charge < -0.3 is 19.6 Å². The smallest absolute Gasteiger partial charge is 0.320 e.